The number of carbonyl (C=O) groups excluding carboxylic acids is 2. The fraction of sp³-hybridized carbons (Fsp3) is 0.419. The van der Waals surface area contributed by atoms with E-state index in [1.54, 1.807) is 31.2 Å². The third-order valence-corrected chi connectivity index (χ3v) is 16.8. The number of anilines is 7. The van der Waals surface area contributed by atoms with Gasteiger partial charge in [-0.25, -0.2) is 34.0 Å². The van der Waals surface area contributed by atoms with Gasteiger partial charge in [-0.05, 0) is 94.8 Å². The van der Waals surface area contributed by atoms with Crippen molar-refractivity contribution in [1.82, 2.24) is 58.9 Å². The number of fused-ring (bicyclic) bond motifs is 2. The molecule has 0 aromatic carbocycles. The second kappa shape index (κ2) is 25.8. The molecular formula is C62H69F2N21O2. The number of piperidine rings is 2. The Hall–Kier alpha value is -9.78. The zero-order valence-corrected chi connectivity index (χ0v) is 48.9. The zero-order chi connectivity index (χ0) is 60.0. The van der Waals surface area contributed by atoms with E-state index in [1.807, 2.05) is 96.8 Å². The molecule has 8 aromatic rings. The molecular weight excluding hydrogens is 1110 g/mol. The number of aromatic nitrogens is 10. The fourth-order valence-electron chi connectivity index (χ4n) is 12.4. The molecule has 0 unspecified atom stereocenters. The molecule has 2 amide bonds. The van der Waals surface area contributed by atoms with Crippen LogP contribution in [0.4, 0.5) is 49.2 Å². The minimum absolute atomic E-state index is 0.104. The van der Waals surface area contributed by atoms with Crippen LogP contribution in [0, 0.1) is 48.1 Å². The summed E-state index contributed by atoms with van der Waals surface area (Å²) in [4.78, 5) is 67.0. The molecule has 0 saturated carbocycles. The summed E-state index contributed by atoms with van der Waals surface area (Å²) in [5, 5.41) is 33.4. The summed E-state index contributed by atoms with van der Waals surface area (Å²) in [6.07, 6.45) is 14.1. The van der Waals surface area contributed by atoms with Gasteiger partial charge in [0.15, 0.2) is 34.9 Å². The number of likely N-dealkylation sites (tertiary alicyclic amines) is 2. The van der Waals surface area contributed by atoms with Crippen LogP contribution in [0.3, 0.4) is 0 Å². The highest BCUT2D eigenvalue weighted by atomic mass is 19.1. The molecule has 5 aliphatic heterocycles. The molecule has 448 valence electrons. The Morgan fingerprint density at radius 1 is 0.552 bits per heavy atom. The first kappa shape index (κ1) is 57.6. The number of carbonyl (C=O) groups is 2. The van der Waals surface area contributed by atoms with Gasteiger partial charge in [-0.15, -0.1) is 0 Å². The van der Waals surface area contributed by atoms with Crippen LogP contribution >= 0.6 is 0 Å². The van der Waals surface area contributed by atoms with Crippen molar-refractivity contribution in [3.05, 3.63) is 115 Å². The monoisotopic (exact) mass is 1180 g/mol. The molecule has 25 heteroatoms. The molecule has 8 aromatic heterocycles. The molecule has 0 radical (unpaired) electrons. The van der Waals surface area contributed by atoms with E-state index in [1.165, 1.54) is 12.8 Å². The van der Waals surface area contributed by atoms with Crippen molar-refractivity contribution in [3.8, 4) is 34.9 Å². The van der Waals surface area contributed by atoms with Crippen molar-refractivity contribution in [2.75, 3.05) is 127 Å². The molecule has 0 spiro atoms. The SMILES string of the molecule is Cc1cc(N2CCN(c3nc(-c4cnn5ccccc45)nc(N[C@@H]4CCCN(C(=O)CC#N)C4)c3F)CC2)cc(C)n1.N#CCC(=O)N1CCC[C@@H](Nc2nc(-c3cnn4ccccc34)nc(N3CCN(c4ccnc(N5CCCC5)c4)CC3)c2F)C1. The maximum absolute atomic E-state index is 16.4. The number of rotatable bonds is 13. The highest BCUT2D eigenvalue weighted by molar-refractivity contribution is 5.80. The third-order valence-electron chi connectivity index (χ3n) is 16.8. The summed E-state index contributed by atoms with van der Waals surface area (Å²) >= 11 is 0. The zero-order valence-electron chi connectivity index (χ0n) is 48.9. The Morgan fingerprint density at radius 2 is 1.02 bits per heavy atom. The quantitative estimate of drug-likeness (QED) is 0.116. The number of amides is 2. The number of nitrogens with one attached hydrogen (secondary N) is 2. The molecule has 23 nitrogen and oxygen atoms in total. The predicted molar refractivity (Wildman–Crippen MR) is 328 cm³/mol. The van der Waals surface area contributed by atoms with Crippen LogP contribution < -0.4 is 35.1 Å². The van der Waals surface area contributed by atoms with Crippen LogP contribution in [-0.4, -0.2) is 174 Å². The van der Waals surface area contributed by atoms with Gasteiger partial charge in [0.2, 0.25) is 23.4 Å². The second-order valence-electron chi connectivity index (χ2n) is 22.7. The van der Waals surface area contributed by atoms with Crippen molar-refractivity contribution in [1.29, 1.82) is 10.5 Å². The second-order valence-corrected chi connectivity index (χ2v) is 22.7. The Bertz CT molecular complexity index is 3860. The van der Waals surface area contributed by atoms with Gasteiger partial charge in [0.25, 0.3) is 0 Å². The summed E-state index contributed by atoms with van der Waals surface area (Å²) in [6.45, 7) is 13.2. The van der Waals surface area contributed by atoms with Crippen LogP contribution in [-0.2, 0) is 9.59 Å². The predicted octanol–water partition coefficient (Wildman–Crippen LogP) is 7.15. The number of hydrogen-bond acceptors (Lipinski definition) is 19. The van der Waals surface area contributed by atoms with Crippen LogP contribution in [0.5, 0.6) is 0 Å². The van der Waals surface area contributed by atoms with E-state index >= 15 is 8.78 Å². The number of nitrogens with zero attached hydrogens (tertiary/aromatic N) is 19. The lowest BCUT2D eigenvalue weighted by Crippen LogP contribution is -2.47. The molecule has 87 heavy (non-hydrogen) atoms. The van der Waals surface area contributed by atoms with E-state index in [0.717, 1.165) is 78.4 Å². The third kappa shape index (κ3) is 12.8. The Kier molecular flexibility index (Phi) is 17.1. The van der Waals surface area contributed by atoms with Gasteiger partial charge in [0.1, 0.15) is 18.7 Å². The Labute approximate surface area is 502 Å². The Morgan fingerprint density at radius 3 is 1.51 bits per heavy atom. The number of halogens is 2. The van der Waals surface area contributed by atoms with Crippen molar-refractivity contribution >= 4 is 63.3 Å². The first-order valence-corrected chi connectivity index (χ1v) is 30.0. The number of aryl methyl sites for hydroxylation is 2. The number of piperazine rings is 2. The average Bonchev–Trinajstić information content (AvgIpc) is 2.93. The van der Waals surface area contributed by atoms with Crippen LogP contribution in [0.25, 0.3) is 33.8 Å². The average molecular weight is 1180 g/mol. The highest BCUT2D eigenvalue weighted by Gasteiger charge is 2.32. The maximum atomic E-state index is 16.4. The van der Waals surface area contributed by atoms with Crippen molar-refractivity contribution in [3.63, 3.8) is 0 Å². The minimum Gasteiger partial charge on any atom is -0.368 e. The summed E-state index contributed by atoms with van der Waals surface area (Å²) < 4.78 is 36.1. The molecule has 13 heterocycles. The summed E-state index contributed by atoms with van der Waals surface area (Å²) in [5.74, 6) is 1.04. The molecule has 5 fully saturated rings. The van der Waals surface area contributed by atoms with Crippen LogP contribution in [0.1, 0.15) is 62.8 Å². The van der Waals surface area contributed by atoms with E-state index in [-0.39, 0.29) is 60.0 Å². The van der Waals surface area contributed by atoms with Crippen molar-refractivity contribution < 1.29 is 18.4 Å². The van der Waals surface area contributed by atoms with Gasteiger partial charge in [0.05, 0.1) is 46.7 Å². The largest absolute Gasteiger partial charge is 0.368 e. The summed E-state index contributed by atoms with van der Waals surface area (Å²) in [6, 6.07) is 23.3. The molecule has 2 N–H and O–H groups in total. The highest BCUT2D eigenvalue weighted by Crippen LogP contribution is 2.34. The van der Waals surface area contributed by atoms with E-state index in [2.05, 4.69) is 73.7 Å². The summed E-state index contributed by atoms with van der Waals surface area (Å²) in [7, 11) is 0. The van der Waals surface area contributed by atoms with Gasteiger partial charge in [-0.1, -0.05) is 12.1 Å². The van der Waals surface area contributed by atoms with Gasteiger partial charge in [0, 0.05) is 151 Å². The smallest absolute Gasteiger partial charge is 0.236 e. The lowest BCUT2D eigenvalue weighted by molar-refractivity contribution is -0.131. The van der Waals surface area contributed by atoms with E-state index in [4.69, 9.17) is 20.5 Å². The van der Waals surface area contributed by atoms with E-state index in [9.17, 15) is 9.59 Å². The number of nitriles is 2. The van der Waals surface area contributed by atoms with Gasteiger partial charge >= 0.3 is 0 Å². The van der Waals surface area contributed by atoms with Gasteiger partial charge in [-0.3, -0.25) is 14.6 Å². The van der Waals surface area contributed by atoms with Gasteiger partial charge < -0.3 is 44.9 Å². The first-order chi connectivity index (χ1) is 42.5. The molecule has 5 saturated heterocycles. The molecule has 0 bridgehead atoms. The standard InChI is InChI=1S/C32H36FN11O.C30H33FN10O/c33-29-31(37-23-6-5-14-43(22-23)28(45)8-10-34)38-30(25-21-36-44-15-2-1-7-26(25)44)39-32(29)42-18-16-40(17-19-42)24-9-11-35-27(20-24)41-12-3-4-13-41;1-20-16-23(17-21(2)34-20)38-12-14-39(15-13-38)30-27(31)29(35-22-6-5-10-40(19-22)26(42)8-9-32)36-28(37-30)24-18-33-41-11-4-3-7-25(24)41/h1-2,7,9,11,15,20-21,23H,3-6,8,12-14,16-19,22H2,(H,37,38,39);3-4,7,11,16-18,22H,5-6,8,10,12-15,19H2,1-2H3,(H,35,36,37)/t23-;22-/m11/s1. The molecule has 2 atom stereocenters. The van der Waals surface area contributed by atoms with Crippen molar-refractivity contribution in [2.45, 2.75) is 77.3 Å². The van der Waals surface area contributed by atoms with Crippen LogP contribution in [0.15, 0.2) is 91.6 Å². The normalized spacial score (nSPS) is 18.1. The van der Waals surface area contributed by atoms with E-state index < -0.39 is 11.6 Å². The molecule has 0 aliphatic carbocycles. The Balaban J connectivity index is 0.000000170. The molecule has 5 aliphatic rings. The lowest BCUT2D eigenvalue weighted by Gasteiger charge is -2.37. The minimum atomic E-state index is -0.514. The number of pyridine rings is 4. The van der Waals surface area contributed by atoms with Crippen molar-refractivity contribution in [2.24, 2.45) is 0 Å². The molecule has 13 rings (SSSR count). The van der Waals surface area contributed by atoms with Crippen LogP contribution in [0.2, 0.25) is 0 Å². The fourth-order valence-corrected chi connectivity index (χ4v) is 12.4. The lowest BCUT2D eigenvalue weighted by atomic mass is 10.1. The topological polar surface area (TPSA) is 240 Å². The van der Waals surface area contributed by atoms with Gasteiger partial charge in [-0.2, -0.15) is 29.5 Å². The maximum Gasteiger partial charge on any atom is 0.236 e. The van der Waals surface area contributed by atoms with E-state index in [0.29, 0.717) is 101 Å². The first-order valence-electron chi connectivity index (χ1n) is 30.0. The summed E-state index contributed by atoms with van der Waals surface area (Å²) in [5.41, 5.74) is 7.23. The number of hydrogen-bond donors (Lipinski definition) is 2.